The third-order valence-corrected chi connectivity index (χ3v) is 4.73. The van der Waals surface area contributed by atoms with Gasteiger partial charge in [-0.05, 0) is 31.5 Å². The maximum absolute atomic E-state index is 12.3. The quantitative estimate of drug-likeness (QED) is 0.507. The third kappa shape index (κ3) is 6.08. The lowest BCUT2D eigenvalue weighted by Gasteiger charge is -2.15. The van der Waals surface area contributed by atoms with E-state index in [-0.39, 0.29) is 17.1 Å². The lowest BCUT2D eigenvalue weighted by atomic mass is 10.2. The van der Waals surface area contributed by atoms with Crippen LogP contribution in [-0.2, 0) is 19.5 Å². The van der Waals surface area contributed by atoms with Gasteiger partial charge in [0.15, 0.2) is 0 Å². The predicted octanol–water partition coefficient (Wildman–Crippen LogP) is 1.15. The monoisotopic (exact) mass is 360 g/mol. The van der Waals surface area contributed by atoms with E-state index in [9.17, 15) is 18.3 Å². The summed E-state index contributed by atoms with van der Waals surface area (Å²) in [7, 11) is -0.772. The lowest BCUT2D eigenvalue weighted by molar-refractivity contribution is 0.0697. The van der Waals surface area contributed by atoms with E-state index in [2.05, 4.69) is 10.0 Å². The number of sulfonamides is 1. The minimum Gasteiger partial charge on any atom is -0.478 e. The molecule has 0 heterocycles. The highest BCUT2D eigenvalue weighted by atomic mass is 32.2. The Hall–Kier alpha value is -1.68. The fourth-order valence-corrected chi connectivity index (χ4v) is 3.33. The first kappa shape index (κ1) is 20.4. The van der Waals surface area contributed by atoms with Gasteiger partial charge in [0.1, 0.15) is 0 Å². The number of benzene rings is 1. The van der Waals surface area contributed by atoms with Crippen LogP contribution in [0.5, 0.6) is 0 Å². The molecule has 1 aromatic rings. The average Bonchev–Trinajstić information content (AvgIpc) is 2.51. The van der Waals surface area contributed by atoms with Crippen molar-refractivity contribution in [3.8, 4) is 0 Å². The van der Waals surface area contributed by atoms with Crippen LogP contribution < -0.4 is 10.0 Å². The van der Waals surface area contributed by atoms with Gasteiger partial charge in [0.2, 0.25) is 10.0 Å². The topological polar surface area (TPSA) is 114 Å². The second kappa shape index (κ2) is 9.58. The van der Waals surface area contributed by atoms with E-state index >= 15 is 0 Å². The molecule has 0 saturated heterocycles. The van der Waals surface area contributed by atoms with Crippen LogP contribution in [0.4, 0.5) is 5.69 Å². The molecular formula is C15H24N2O6S. The summed E-state index contributed by atoms with van der Waals surface area (Å²) in [6, 6.07) is 3.53. The maximum atomic E-state index is 12.3. The molecule has 24 heavy (non-hydrogen) atoms. The van der Waals surface area contributed by atoms with E-state index in [1.807, 2.05) is 0 Å². The van der Waals surface area contributed by atoms with Gasteiger partial charge >= 0.3 is 5.97 Å². The minimum atomic E-state index is -3.82. The first-order valence-corrected chi connectivity index (χ1v) is 8.91. The Labute approximate surface area is 142 Å². The van der Waals surface area contributed by atoms with Gasteiger partial charge in [0.05, 0.1) is 17.1 Å². The number of methoxy groups -OCH3 is 2. The Kier molecular flexibility index (Phi) is 8.13. The number of carbonyl (C=O) groups is 1. The molecule has 0 amide bonds. The number of ether oxygens (including phenoxy) is 2. The molecule has 0 aliphatic heterocycles. The van der Waals surface area contributed by atoms with Crippen LogP contribution in [0.3, 0.4) is 0 Å². The molecule has 1 atom stereocenters. The Morgan fingerprint density at radius 2 is 2.00 bits per heavy atom. The van der Waals surface area contributed by atoms with Crippen LogP contribution >= 0.6 is 0 Å². The summed E-state index contributed by atoms with van der Waals surface area (Å²) in [5.41, 5.74) is 0.261. The van der Waals surface area contributed by atoms with E-state index in [0.717, 1.165) is 6.07 Å². The molecule has 0 saturated carbocycles. The van der Waals surface area contributed by atoms with Crippen molar-refractivity contribution in [1.82, 2.24) is 4.72 Å². The first-order chi connectivity index (χ1) is 11.3. The van der Waals surface area contributed by atoms with Crippen molar-refractivity contribution >= 4 is 21.7 Å². The number of aromatic carboxylic acids is 1. The number of hydrogen-bond acceptors (Lipinski definition) is 6. The maximum Gasteiger partial charge on any atom is 0.337 e. The highest BCUT2D eigenvalue weighted by Crippen LogP contribution is 2.21. The van der Waals surface area contributed by atoms with Crippen molar-refractivity contribution in [1.29, 1.82) is 0 Å². The van der Waals surface area contributed by atoms with E-state index in [1.54, 1.807) is 14.0 Å². The van der Waals surface area contributed by atoms with Crippen molar-refractivity contribution in [3.63, 3.8) is 0 Å². The third-order valence-electron chi connectivity index (χ3n) is 3.15. The van der Waals surface area contributed by atoms with Gasteiger partial charge in [-0.2, -0.15) is 0 Å². The van der Waals surface area contributed by atoms with Crippen molar-refractivity contribution in [2.45, 2.75) is 24.3 Å². The number of carboxylic acid groups (broad SMARTS) is 1. The molecule has 0 aromatic heterocycles. The molecule has 0 spiro atoms. The lowest BCUT2D eigenvalue weighted by Crippen LogP contribution is -2.35. The zero-order chi connectivity index (χ0) is 18.2. The van der Waals surface area contributed by atoms with Crippen molar-refractivity contribution < 1.29 is 27.8 Å². The SMILES string of the molecule is COCCCNc1ccc(S(=O)(=O)NC(C)COC)cc1C(=O)O. The molecule has 0 bridgehead atoms. The van der Waals surface area contributed by atoms with Gasteiger partial charge in [-0.3, -0.25) is 0 Å². The molecule has 0 aliphatic carbocycles. The van der Waals surface area contributed by atoms with Crippen LogP contribution in [0.1, 0.15) is 23.7 Å². The second-order valence-corrected chi connectivity index (χ2v) is 6.98. The number of rotatable bonds is 11. The highest BCUT2D eigenvalue weighted by Gasteiger charge is 2.20. The van der Waals surface area contributed by atoms with Crippen molar-refractivity contribution in [3.05, 3.63) is 23.8 Å². The summed E-state index contributed by atoms with van der Waals surface area (Å²) in [6.45, 7) is 2.93. The standard InChI is InChI=1S/C15H24N2O6S/c1-11(10-23-3)17-24(20,21)12-5-6-14(13(9-12)15(18)19)16-7-4-8-22-2/h5-6,9,11,16-17H,4,7-8,10H2,1-3H3,(H,18,19). The largest absolute Gasteiger partial charge is 0.478 e. The van der Waals surface area contributed by atoms with E-state index in [1.165, 1.54) is 19.2 Å². The summed E-state index contributed by atoms with van der Waals surface area (Å²) >= 11 is 0. The highest BCUT2D eigenvalue weighted by molar-refractivity contribution is 7.89. The summed E-state index contributed by atoms with van der Waals surface area (Å²) < 4.78 is 36.9. The molecule has 0 radical (unpaired) electrons. The summed E-state index contributed by atoms with van der Waals surface area (Å²) in [5.74, 6) is -1.20. The fraction of sp³-hybridized carbons (Fsp3) is 0.533. The van der Waals surface area contributed by atoms with Crippen LogP contribution in [0, 0.1) is 0 Å². The molecule has 1 unspecified atom stereocenters. The Morgan fingerprint density at radius 1 is 1.29 bits per heavy atom. The zero-order valence-electron chi connectivity index (χ0n) is 14.0. The van der Waals surface area contributed by atoms with Crippen LogP contribution in [0.2, 0.25) is 0 Å². The predicted molar refractivity (Wildman–Crippen MR) is 90.0 cm³/mol. The molecular weight excluding hydrogens is 336 g/mol. The normalized spacial score (nSPS) is 12.8. The number of carboxylic acids is 1. The average molecular weight is 360 g/mol. The smallest absolute Gasteiger partial charge is 0.337 e. The van der Waals surface area contributed by atoms with Crippen LogP contribution in [-0.4, -0.2) is 59.5 Å². The number of anilines is 1. The Balaban J connectivity index is 2.98. The van der Waals surface area contributed by atoms with Gasteiger partial charge in [-0.1, -0.05) is 0 Å². The fourth-order valence-electron chi connectivity index (χ4n) is 2.08. The molecule has 136 valence electrons. The minimum absolute atomic E-state index is 0.102. The van der Waals surface area contributed by atoms with E-state index < -0.39 is 22.0 Å². The van der Waals surface area contributed by atoms with Gasteiger partial charge in [0.25, 0.3) is 0 Å². The second-order valence-electron chi connectivity index (χ2n) is 5.26. The molecule has 8 nitrogen and oxygen atoms in total. The molecule has 0 aliphatic rings. The van der Waals surface area contributed by atoms with E-state index in [0.29, 0.717) is 25.3 Å². The summed E-state index contributed by atoms with van der Waals surface area (Å²) in [6.07, 6.45) is 0.700. The molecule has 9 heteroatoms. The molecule has 0 fully saturated rings. The number of nitrogens with one attached hydrogen (secondary N) is 2. The van der Waals surface area contributed by atoms with Crippen molar-refractivity contribution in [2.24, 2.45) is 0 Å². The summed E-state index contributed by atoms with van der Waals surface area (Å²) in [4.78, 5) is 11.3. The van der Waals surface area contributed by atoms with Gasteiger partial charge in [-0.15, -0.1) is 0 Å². The summed E-state index contributed by atoms with van der Waals surface area (Å²) in [5, 5.41) is 12.3. The van der Waals surface area contributed by atoms with E-state index in [4.69, 9.17) is 9.47 Å². The molecule has 1 aromatic carbocycles. The van der Waals surface area contributed by atoms with Crippen LogP contribution in [0.25, 0.3) is 0 Å². The first-order valence-electron chi connectivity index (χ1n) is 7.43. The van der Waals surface area contributed by atoms with Gasteiger partial charge in [-0.25, -0.2) is 17.9 Å². The zero-order valence-corrected chi connectivity index (χ0v) is 14.9. The molecule has 1 rings (SSSR count). The van der Waals surface area contributed by atoms with Gasteiger partial charge < -0.3 is 19.9 Å². The van der Waals surface area contributed by atoms with Crippen molar-refractivity contribution in [2.75, 3.05) is 39.3 Å². The number of hydrogen-bond donors (Lipinski definition) is 3. The Bertz CT molecular complexity index is 647. The Morgan fingerprint density at radius 3 is 2.58 bits per heavy atom. The van der Waals surface area contributed by atoms with Gasteiger partial charge in [0, 0.05) is 39.1 Å². The molecule has 3 N–H and O–H groups in total. The van der Waals surface area contributed by atoms with Crippen LogP contribution in [0.15, 0.2) is 23.1 Å².